The lowest BCUT2D eigenvalue weighted by molar-refractivity contribution is -0.122. The summed E-state index contributed by atoms with van der Waals surface area (Å²) in [5.41, 5.74) is 2.42. The summed E-state index contributed by atoms with van der Waals surface area (Å²) in [5.74, 6) is 2.56. The van der Waals surface area contributed by atoms with Gasteiger partial charge in [-0.3, -0.25) is 4.79 Å². The molecule has 4 rings (SSSR count). The summed E-state index contributed by atoms with van der Waals surface area (Å²) in [6.07, 6.45) is 11.7. The summed E-state index contributed by atoms with van der Waals surface area (Å²) in [7, 11) is 0. The number of imidazole rings is 1. The fourth-order valence-electron chi connectivity index (χ4n) is 4.59. The fourth-order valence-corrected chi connectivity index (χ4v) is 4.59. The Kier molecular flexibility index (Phi) is 4.37. The first-order valence-corrected chi connectivity index (χ1v) is 9.07. The van der Waals surface area contributed by atoms with Crippen LogP contribution in [-0.4, -0.2) is 15.5 Å². The molecular formula is C20H25N3O. The Hall–Kier alpha value is -2.10. The Bertz CT molecular complexity index is 695. The van der Waals surface area contributed by atoms with E-state index in [1.807, 2.05) is 24.7 Å². The summed E-state index contributed by atoms with van der Waals surface area (Å²) in [6, 6.07) is 8.31. The summed E-state index contributed by atoms with van der Waals surface area (Å²) >= 11 is 0. The van der Waals surface area contributed by atoms with Crippen LogP contribution in [-0.2, 0) is 17.9 Å². The minimum absolute atomic E-state index is 0.213. The van der Waals surface area contributed by atoms with Crippen molar-refractivity contribution in [2.45, 2.75) is 45.2 Å². The Morgan fingerprint density at radius 1 is 1.21 bits per heavy atom. The van der Waals surface area contributed by atoms with E-state index < -0.39 is 0 Å². The molecule has 4 nitrogen and oxygen atoms in total. The minimum atomic E-state index is 0.213. The molecule has 0 unspecified atom stereocenters. The molecule has 2 aliphatic carbocycles. The monoisotopic (exact) mass is 323 g/mol. The van der Waals surface area contributed by atoms with E-state index in [0.717, 1.165) is 18.4 Å². The molecule has 0 radical (unpaired) electrons. The van der Waals surface area contributed by atoms with E-state index in [9.17, 15) is 4.79 Å². The van der Waals surface area contributed by atoms with Crippen LogP contribution in [0.3, 0.4) is 0 Å². The van der Waals surface area contributed by atoms with Crippen molar-refractivity contribution in [3.05, 3.63) is 54.1 Å². The quantitative estimate of drug-likeness (QED) is 0.886. The number of rotatable bonds is 6. The van der Waals surface area contributed by atoms with Crippen LogP contribution >= 0.6 is 0 Å². The molecule has 1 N–H and O–H groups in total. The maximum Gasteiger partial charge on any atom is 0.220 e. The van der Waals surface area contributed by atoms with Gasteiger partial charge in [0.2, 0.25) is 5.91 Å². The molecule has 2 bridgehead atoms. The molecular weight excluding hydrogens is 298 g/mol. The number of fused-ring (bicyclic) bond motifs is 2. The van der Waals surface area contributed by atoms with Crippen LogP contribution in [0.25, 0.3) is 0 Å². The second-order valence-corrected chi connectivity index (χ2v) is 7.42. The maximum absolute atomic E-state index is 12.4. The topological polar surface area (TPSA) is 46.9 Å². The first-order valence-electron chi connectivity index (χ1n) is 9.07. The molecule has 24 heavy (non-hydrogen) atoms. The summed E-state index contributed by atoms with van der Waals surface area (Å²) in [4.78, 5) is 16.4. The van der Waals surface area contributed by atoms with E-state index in [4.69, 9.17) is 0 Å². The van der Waals surface area contributed by atoms with Gasteiger partial charge < -0.3 is 9.88 Å². The molecule has 1 heterocycles. The zero-order valence-electron chi connectivity index (χ0n) is 14.0. The van der Waals surface area contributed by atoms with Gasteiger partial charge in [0.25, 0.3) is 0 Å². The van der Waals surface area contributed by atoms with E-state index in [1.54, 1.807) is 6.20 Å². The van der Waals surface area contributed by atoms with Crippen LogP contribution < -0.4 is 5.32 Å². The molecule has 2 aromatic rings. The summed E-state index contributed by atoms with van der Waals surface area (Å²) in [6.45, 7) is 1.41. The van der Waals surface area contributed by atoms with E-state index in [0.29, 0.717) is 18.9 Å². The SMILES string of the molecule is O=C(C[C@@H]1C[C@H]2CC[C@H]1C2)NCc1ccccc1Cn1ccnc1. The maximum atomic E-state index is 12.4. The number of nitrogens with zero attached hydrogens (tertiary/aromatic N) is 2. The zero-order chi connectivity index (χ0) is 16.4. The highest BCUT2D eigenvalue weighted by Crippen LogP contribution is 2.49. The van der Waals surface area contributed by atoms with Crippen LogP contribution in [0.15, 0.2) is 43.0 Å². The van der Waals surface area contributed by atoms with Gasteiger partial charge in [0.15, 0.2) is 0 Å². The Labute approximate surface area is 143 Å². The third-order valence-corrected chi connectivity index (χ3v) is 5.84. The third-order valence-electron chi connectivity index (χ3n) is 5.84. The van der Waals surface area contributed by atoms with Crippen molar-refractivity contribution in [2.75, 3.05) is 0 Å². The highest BCUT2D eigenvalue weighted by Gasteiger charge is 2.39. The third kappa shape index (κ3) is 3.37. The molecule has 1 aromatic heterocycles. The number of nitrogens with one attached hydrogen (secondary N) is 1. The Morgan fingerprint density at radius 2 is 2.08 bits per heavy atom. The highest BCUT2D eigenvalue weighted by molar-refractivity contribution is 5.76. The smallest absolute Gasteiger partial charge is 0.220 e. The number of hydrogen-bond donors (Lipinski definition) is 1. The number of amides is 1. The van der Waals surface area contributed by atoms with Gasteiger partial charge in [-0.2, -0.15) is 0 Å². The van der Waals surface area contributed by atoms with Gasteiger partial charge in [0, 0.05) is 31.9 Å². The van der Waals surface area contributed by atoms with Crippen molar-refractivity contribution in [1.29, 1.82) is 0 Å². The highest BCUT2D eigenvalue weighted by atomic mass is 16.1. The molecule has 2 fully saturated rings. The molecule has 0 spiro atoms. The van der Waals surface area contributed by atoms with Crippen molar-refractivity contribution in [2.24, 2.45) is 17.8 Å². The van der Waals surface area contributed by atoms with E-state index in [1.165, 1.54) is 36.8 Å². The predicted molar refractivity (Wildman–Crippen MR) is 93.2 cm³/mol. The number of benzene rings is 1. The molecule has 0 aliphatic heterocycles. The van der Waals surface area contributed by atoms with Gasteiger partial charge in [-0.1, -0.05) is 30.7 Å². The lowest BCUT2D eigenvalue weighted by Gasteiger charge is -2.21. The average molecular weight is 323 g/mol. The van der Waals surface area contributed by atoms with Crippen molar-refractivity contribution in [3.63, 3.8) is 0 Å². The molecule has 2 saturated carbocycles. The van der Waals surface area contributed by atoms with E-state index >= 15 is 0 Å². The normalized spacial score (nSPS) is 25.1. The largest absolute Gasteiger partial charge is 0.352 e. The number of aromatic nitrogens is 2. The first-order chi connectivity index (χ1) is 11.8. The van der Waals surface area contributed by atoms with E-state index in [2.05, 4.69) is 27.0 Å². The van der Waals surface area contributed by atoms with Crippen LogP contribution in [0.5, 0.6) is 0 Å². The molecule has 1 aromatic carbocycles. The van der Waals surface area contributed by atoms with Crippen molar-refractivity contribution >= 4 is 5.91 Å². The van der Waals surface area contributed by atoms with Gasteiger partial charge in [-0.25, -0.2) is 4.98 Å². The molecule has 4 heteroatoms. The second-order valence-electron chi connectivity index (χ2n) is 7.42. The number of hydrogen-bond acceptors (Lipinski definition) is 2. The van der Waals surface area contributed by atoms with Crippen LogP contribution in [0, 0.1) is 17.8 Å². The molecule has 0 saturated heterocycles. The van der Waals surface area contributed by atoms with Gasteiger partial charge in [0.05, 0.1) is 6.33 Å². The predicted octanol–water partition coefficient (Wildman–Crippen LogP) is 3.37. The fraction of sp³-hybridized carbons (Fsp3) is 0.500. The molecule has 3 atom stereocenters. The molecule has 2 aliphatic rings. The second kappa shape index (κ2) is 6.80. The van der Waals surface area contributed by atoms with Gasteiger partial charge >= 0.3 is 0 Å². The standard InChI is InChI=1S/C20H25N3O/c24-20(11-19-10-15-5-6-16(19)9-15)22-12-17-3-1-2-4-18(17)13-23-8-7-21-14-23/h1-4,7-8,14-16,19H,5-6,9-13H2,(H,22,24)/t15-,16-,19-/m0/s1. The van der Waals surface area contributed by atoms with Crippen molar-refractivity contribution in [1.82, 2.24) is 14.9 Å². The Balaban J connectivity index is 1.33. The zero-order valence-corrected chi connectivity index (χ0v) is 14.0. The van der Waals surface area contributed by atoms with E-state index in [-0.39, 0.29) is 5.91 Å². The molecule has 1 amide bonds. The van der Waals surface area contributed by atoms with Crippen LogP contribution in [0.2, 0.25) is 0 Å². The van der Waals surface area contributed by atoms with Gasteiger partial charge in [-0.05, 0) is 48.1 Å². The first kappa shape index (κ1) is 15.4. The van der Waals surface area contributed by atoms with Crippen molar-refractivity contribution in [3.8, 4) is 0 Å². The van der Waals surface area contributed by atoms with Gasteiger partial charge in [-0.15, -0.1) is 0 Å². The van der Waals surface area contributed by atoms with Crippen LogP contribution in [0.1, 0.15) is 43.2 Å². The average Bonchev–Trinajstić information content (AvgIpc) is 3.32. The summed E-state index contributed by atoms with van der Waals surface area (Å²) < 4.78 is 2.05. The number of carbonyl (C=O) groups excluding carboxylic acids is 1. The lowest BCUT2D eigenvalue weighted by Crippen LogP contribution is -2.27. The minimum Gasteiger partial charge on any atom is -0.352 e. The molecule has 126 valence electrons. The summed E-state index contributed by atoms with van der Waals surface area (Å²) in [5, 5.41) is 3.14. The van der Waals surface area contributed by atoms with Gasteiger partial charge in [0.1, 0.15) is 0 Å². The number of carbonyl (C=O) groups is 1. The van der Waals surface area contributed by atoms with Crippen molar-refractivity contribution < 1.29 is 4.79 Å². The van der Waals surface area contributed by atoms with Crippen LogP contribution in [0.4, 0.5) is 0 Å². The lowest BCUT2D eigenvalue weighted by atomic mass is 9.86. The Morgan fingerprint density at radius 3 is 2.79 bits per heavy atom.